The summed E-state index contributed by atoms with van der Waals surface area (Å²) in [6.45, 7) is 2.04. The van der Waals surface area contributed by atoms with Crippen LogP contribution in [-0.2, 0) is 4.74 Å². The molecule has 0 aliphatic rings. The van der Waals surface area contributed by atoms with Crippen LogP contribution in [-0.4, -0.2) is 24.8 Å². The molecule has 0 aliphatic carbocycles. The largest absolute Gasteiger partial charge is 0.496 e. The molecule has 102 valence electrons. The van der Waals surface area contributed by atoms with Crippen molar-refractivity contribution in [3.05, 3.63) is 36.1 Å². The second-order valence-electron chi connectivity index (χ2n) is 4.25. The number of fused-ring (bicyclic) bond motifs is 3. The molecule has 0 bridgehead atoms. The van der Waals surface area contributed by atoms with Crippen LogP contribution in [0.1, 0.15) is 17.5 Å². The van der Waals surface area contributed by atoms with Crippen molar-refractivity contribution in [2.45, 2.75) is 6.92 Å². The van der Waals surface area contributed by atoms with E-state index >= 15 is 0 Å². The number of nitrogens with zero attached hydrogens (tertiary/aromatic N) is 1. The van der Waals surface area contributed by atoms with Crippen LogP contribution in [0.3, 0.4) is 0 Å². The van der Waals surface area contributed by atoms with Gasteiger partial charge in [-0.25, -0.2) is 4.79 Å². The van der Waals surface area contributed by atoms with E-state index in [4.69, 9.17) is 14.0 Å². The molecule has 0 atom stereocenters. The summed E-state index contributed by atoms with van der Waals surface area (Å²) in [5, 5.41) is 6.44. The van der Waals surface area contributed by atoms with Gasteiger partial charge in [0.05, 0.1) is 19.1 Å². The molecular weight excluding hydrogens is 258 g/mol. The molecule has 1 aromatic heterocycles. The highest BCUT2D eigenvalue weighted by Crippen LogP contribution is 2.32. The number of ether oxygens (including phenoxy) is 2. The highest BCUT2D eigenvalue weighted by Gasteiger charge is 2.19. The van der Waals surface area contributed by atoms with E-state index in [0.29, 0.717) is 17.5 Å². The fraction of sp³-hybridized carbons (Fsp3) is 0.200. The van der Waals surface area contributed by atoms with E-state index in [2.05, 4.69) is 5.16 Å². The van der Waals surface area contributed by atoms with E-state index in [1.165, 1.54) is 0 Å². The third kappa shape index (κ3) is 1.79. The average molecular weight is 271 g/mol. The van der Waals surface area contributed by atoms with Crippen LogP contribution < -0.4 is 4.74 Å². The Bertz CT molecular complexity index is 791. The van der Waals surface area contributed by atoms with E-state index in [0.717, 1.165) is 16.5 Å². The normalized spacial score (nSPS) is 10.9. The summed E-state index contributed by atoms with van der Waals surface area (Å²) < 4.78 is 15.4. The fourth-order valence-electron chi connectivity index (χ4n) is 2.26. The first-order chi connectivity index (χ1) is 9.76. The van der Waals surface area contributed by atoms with Crippen LogP contribution in [0.4, 0.5) is 0 Å². The van der Waals surface area contributed by atoms with Gasteiger partial charge >= 0.3 is 5.97 Å². The summed E-state index contributed by atoms with van der Waals surface area (Å²) >= 11 is 0. The minimum atomic E-state index is -0.503. The topological polar surface area (TPSA) is 61.6 Å². The third-order valence-corrected chi connectivity index (χ3v) is 3.15. The smallest absolute Gasteiger partial charge is 0.377 e. The number of hydrogen-bond donors (Lipinski definition) is 0. The molecule has 0 spiro atoms. The third-order valence-electron chi connectivity index (χ3n) is 3.15. The fourth-order valence-corrected chi connectivity index (χ4v) is 2.26. The van der Waals surface area contributed by atoms with Crippen molar-refractivity contribution in [2.75, 3.05) is 13.7 Å². The van der Waals surface area contributed by atoms with Gasteiger partial charge < -0.3 is 14.0 Å². The predicted octanol–water partition coefficient (Wildman–Crippen LogP) is 3.17. The Hall–Kier alpha value is -2.56. The molecule has 5 nitrogen and oxygen atoms in total. The SMILES string of the molecule is CCOC(=O)c1onc2c1ccc1c(OC)cccc12. The van der Waals surface area contributed by atoms with Gasteiger partial charge in [-0.1, -0.05) is 17.3 Å². The molecule has 20 heavy (non-hydrogen) atoms. The van der Waals surface area contributed by atoms with Crippen molar-refractivity contribution in [1.82, 2.24) is 5.16 Å². The number of carbonyl (C=O) groups excluding carboxylic acids is 1. The number of hydrogen-bond acceptors (Lipinski definition) is 5. The first-order valence-electron chi connectivity index (χ1n) is 6.28. The molecule has 3 rings (SSSR count). The number of methoxy groups -OCH3 is 1. The second kappa shape index (κ2) is 4.85. The Morgan fingerprint density at radius 3 is 2.75 bits per heavy atom. The van der Waals surface area contributed by atoms with Gasteiger partial charge in [-0.2, -0.15) is 0 Å². The quantitative estimate of drug-likeness (QED) is 0.685. The van der Waals surface area contributed by atoms with Gasteiger partial charge in [0.2, 0.25) is 0 Å². The van der Waals surface area contributed by atoms with Gasteiger partial charge in [-0.05, 0) is 25.1 Å². The molecule has 3 aromatic rings. The Balaban J connectivity index is 2.27. The minimum absolute atomic E-state index is 0.131. The molecule has 0 aliphatic heterocycles. The Labute approximate surface area is 115 Å². The zero-order chi connectivity index (χ0) is 14.1. The molecule has 5 heteroatoms. The number of aromatic nitrogens is 1. The predicted molar refractivity (Wildman–Crippen MR) is 74.0 cm³/mol. The van der Waals surface area contributed by atoms with Crippen molar-refractivity contribution >= 4 is 27.6 Å². The van der Waals surface area contributed by atoms with Crippen LogP contribution in [0.2, 0.25) is 0 Å². The summed E-state index contributed by atoms with van der Waals surface area (Å²) in [4.78, 5) is 11.8. The van der Waals surface area contributed by atoms with E-state index in [1.807, 2.05) is 24.3 Å². The molecule has 0 fully saturated rings. The highest BCUT2D eigenvalue weighted by atomic mass is 16.6. The van der Waals surface area contributed by atoms with Gasteiger partial charge in [0.25, 0.3) is 5.76 Å². The maximum atomic E-state index is 11.8. The van der Waals surface area contributed by atoms with Crippen molar-refractivity contribution in [3.63, 3.8) is 0 Å². The van der Waals surface area contributed by atoms with Crippen molar-refractivity contribution in [1.29, 1.82) is 0 Å². The van der Waals surface area contributed by atoms with Crippen molar-refractivity contribution in [3.8, 4) is 5.75 Å². The summed E-state index contributed by atoms with van der Waals surface area (Å²) in [5.74, 6) is 0.383. The lowest BCUT2D eigenvalue weighted by Crippen LogP contribution is -2.03. The molecule has 0 unspecified atom stereocenters. The monoisotopic (exact) mass is 271 g/mol. The highest BCUT2D eigenvalue weighted by molar-refractivity contribution is 6.12. The average Bonchev–Trinajstić information content (AvgIpc) is 2.91. The van der Waals surface area contributed by atoms with E-state index in [-0.39, 0.29) is 5.76 Å². The summed E-state index contributed by atoms with van der Waals surface area (Å²) in [6, 6.07) is 9.34. The van der Waals surface area contributed by atoms with Crippen LogP contribution in [0.25, 0.3) is 21.7 Å². The van der Waals surface area contributed by atoms with E-state index in [1.54, 1.807) is 20.1 Å². The van der Waals surface area contributed by atoms with Crippen molar-refractivity contribution < 1.29 is 18.8 Å². The molecule has 0 saturated heterocycles. The maximum absolute atomic E-state index is 11.8. The number of rotatable bonds is 3. The first-order valence-corrected chi connectivity index (χ1v) is 6.28. The molecule has 0 radical (unpaired) electrons. The molecular formula is C15H13NO4. The lowest BCUT2D eigenvalue weighted by atomic mass is 10.1. The van der Waals surface area contributed by atoms with Gasteiger partial charge in [-0.15, -0.1) is 0 Å². The second-order valence-corrected chi connectivity index (χ2v) is 4.25. The van der Waals surface area contributed by atoms with Gasteiger partial charge in [0.15, 0.2) is 0 Å². The van der Waals surface area contributed by atoms with Crippen LogP contribution in [0, 0.1) is 0 Å². The Morgan fingerprint density at radius 2 is 2.00 bits per heavy atom. The molecule has 0 N–H and O–H groups in total. The lowest BCUT2D eigenvalue weighted by Gasteiger charge is -2.04. The molecule has 1 heterocycles. The standard InChI is InChI=1S/C15H13NO4/c1-3-19-15(17)14-11-8-7-9-10(13(11)16-20-14)5-4-6-12(9)18-2/h4-8H,3H2,1-2H3. The number of esters is 1. The summed E-state index contributed by atoms with van der Waals surface area (Å²) in [5.41, 5.74) is 0.629. The first kappa shape index (κ1) is 12.5. The lowest BCUT2D eigenvalue weighted by molar-refractivity contribution is 0.0483. The Morgan fingerprint density at radius 1 is 1.20 bits per heavy atom. The van der Waals surface area contributed by atoms with E-state index < -0.39 is 5.97 Å². The van der Waals surface area contributed by atoms with Crippen molar-refractivity contribution in [2.24, 2.45) is 0 Å². The minimum Gasteiger partial charge on any atom is -0.496 e. The molecule has 0 saturated carbocycles. The maximum Gasteiger partial charge on any atom is 0.377 e. The Kier molecular flexibility index (Phi) is 3.02. The summed E-state index contributed by atoms with van der Waals surface area (Å²) in [7, 11) is 1.62. The molecule has 0 amide bonds. The molecule has 2 aromatic carbocycles. The zero-order valence-corrected chi connectivity index (χ0v) is 11.2. The van der Waals surface area contributed by atoms with Gasteiger partial charge in [0.1, 0.15) is 11.3 Å². The van der Waals surface area contributed by atoms with Crippen LogP contribution >= 0.6 is 0 Å². The van der Waals surface area contributed by atoms with Gasteiger partial charge in [-0.3, -0.25) is 0 Å². The van der Waals surface area contributed by atoms with Crippen LogP contribution in [0.15, 0.2) is 34.9 Å². The van der Waals surface area contributed by atoms with Gasteiger partial charge in [0, 0.05) is 10.8 Å². The van der Waals surface area contributed by atoms with E-state index in [9.17, 15) is 4.79 Å². The summed E-state index contributed by atoms with van der Waals surface area (Å²) in [6.07, 6.45) is 0. The zero-order valence-electron chi connectivity index (χ0n) is 11.2. The number of benzene rings is 2. The number of carbonyl (C=O) groups is 1. The van der Waals surface area contributed by atoms with Crippen LogP contribution in [0.5, 0.6) is 5.75 Å².